The molecule has 6 heteroatoms. The van der Waals surface area contributed by atoms with Crippen LogP contribution in [0.5, 0.6) is 0 Å². The normalized spacial score (nSPS) is 10.8. The van der Waals surface area contributed by atoms with Gasteiger partial charge in [0.1, 0.15) is 17.3 Å². The van der Waals surface area contributed by atoms with Gasteiger partial charge in [-0.2, -0.15) is 5.10 Å². The lowest BCUT2D eigenvalue weighted by molar-refractivity contribution is 0.488. The molecule has 0 radical (unpaired) electrons. The molecule has 3 nitrogen and oxygen atoms in total. The zero-order valence-corrected chi connectivity index (χ0v) is 8.34. The standard InChI is InChI=1S/C10H8F3N3/c1-5-4-16(15-10(5)14)8-3-6(11)2-7(12)9(8)13/h2-4H,1H3,(H2,14,15). The van der Waals surface area contributed by atoms with E-state index in [2.05, 4.69) is 5.10 Å². The number of anilines is 1. The van der Waals surface area contributed by atoms with Crippen molar-refractivity contribution in [2.45, 2.75) is 6.92 Å². The predicted octanol–water partition coefficient (Wildman–Crippen LogP) is 2.18. The van der Waals surface area contributed by atoms with Crippen LogP contribution in [0.1, 0.15) is 5.56 Å². The molecule has 2 N–H and O–H groups in total. The highest BCUT2D eigenvalue weighted by molar-refractivity contribution is 5.41. The van der Waals surface area contributed by atoms with Gasteiger partial charge in [0.15, 0.2) is 11.6 Å². The smallest absolute Gasteiger partial charge is 0.184 e. The van der Waals surface area contributed by atoms with Crippen LogP contribution in [0.4, 0.5) is 19.0 Å². The third-order valence-electron chi connectivity index (χ3n) is 2.16. The molecule has 0 amide bonds. The van der Waals surface area contributed by atoms with Gasteiger partial charge in [0.2, 0.25) is 0 Å². The second kappa shape index (κ2) is 3.55. The summed E-state index contributed by atoms with van der Waals surface area (Å²) in [6.45, 7) is 1.66. The Hall–Kier alpha value is -1.98. The summed E-state index contributed by atoms with van der Waals surface area (Å²) < 4.78 is 40.2. The van der Waals surface area contributed by atoms with Gasteiger partial charge in [0, 0.05) is 23.9 Å². The number of aromatic nitrogens is 2. The molecular weight excluding hydrogens is 219 g/mol. The van der Waals surface area contributed by atoms with E-state index in [0.29, 0.717) is 11.6 Å². The molecule has 0 atom stereocenters. The first-order chi connectivity index (χ1) is 7.49. The molecule has 2 aromatic rings. The van der Waals surface area contributed by atoms with Crippen LogP contribution in [-0.2, 0) is 0 Å². The number of benzene rings is 1. The fraction of sp³-hybridized carbons (Fsp3) is 0.100. The van der Waals surface area contributed by atoms with Crippen molar-refractivity contribution < 1.29 is 13.2 Å². The minimum atomic E-state index is -1.26. The van der Waals surface area contributed by atoms with Gasteiger partial charge < -0.3 is 5.73 Å². The van der Waals surface area contributed by atoms with Gasteiger partial charge in [-0.25, -0.2) is 17.9 Å². The van der Waals surface area contributed by atoms with E-state index >= 15 is 0 Å². The quantitative estimate of drug-likeness (QED) is 0.759. The molecular formula is C10H8F3N3. The third kappa shape index (κ3) is 1.62. The van der Waals surface area contributed by atoms with Crippen molar-refractivity contribution in [1.82, 2.24) is 9.78 Å². The monoisotopic (exact) mass is 227 g/mol. The van der Waals surface area contributed by atoms with Crippen LogP contribution < -0.4 is 5.73 Å². The highest BCUT2D eigenvalue weighted by atomic mass is 19.2. The number of nitrogens with zero attached hydrogens (tertiary/aromatic N) is 2. The molecule has 0 aliphatic carbocycles. The maximum absolute atomic E-state index is 13.4. The van der Waals surface area contributed by atoms with E-state index < -0.39 is 17.5 Å². The Morgan fingerprint density at radius 3 is 2.50 bits per heavy atom. The third-order valence-corrected chi connectivity index (χ3v) is 2.16. The van der Waals surface area contributed by atoms with Gasteiger partial charge in [-0.1, -0.05) is 0 Å². The summed E-state index contributed by atoms with van der Waals surface area (Å²) in [5.74, 6) is -3.12. The lowest BCUT2D eigenvalue weighted by atomic mass is 10.3. The van der Waals surface area contributed by atoms with Crippen LogP contribution in [0.2, 0.25) is 0 Å². The van der Waals surface area contributed by atoms with Gasteiger partial charge in [-0.05, 0) is 6.92 Å². The molecule has 1 aromatic carbocycles. The second-order valence-corrected chi connectivity index (χ2v) is 3.36. The van der Waals surface area contributed by atoms with Crippen LogP contribution in [0.25, 0.3) is 5.69 Å². The summed E-state index contributed by atoms with van der Waals surface area (Å²) in [7, 11) is 0. The summed E-state index contributed by atoms with van der Waals surface area (Å²) in [4.78, 5) is 0. The van der Waals surface area contributed by atoms with Crippen LogP contribution in [0.15, 0.2) is 18.3 Å². The lowest BCUT2D eigenvalue weighted by Gasteiger charge is -2.03. The minimum Gasteiger partial charge on any atom is -0.382 e. The van der Waals surface area contributed by atoms with E-state index in [4.69, 9.17) is 5.73 Å². The summed E-state index contributed by atoms with van der Waals surface area (Å²) in [5.41, 5.74) is 5.76. The first kappa shape index (κ1) is 10.5. The molecule has 0 unspecified atom stereocenters. The van der Waals surface area contributed by atoms with Gasteiger partial charge in [-0.3, -0.25) is 0 Å². The topological polar surface area (TPSA) is 43.8 Å². The molecule has 0 saturated heterocycles. The van der Waals surface area contributed by atoms with Crippen LogP contribution in [-0.4, -0.2) is 9.78 Å². The van der Waals surface area contributed by atoms with E-state index in [0.717, 1.165) is 10.7 Å². The highest BCUT2D eigenvalue weighted by Crippen LogP contribution is 2.19. The fourth-order valence-electron chi connectivity index (χ4n) is 1.31. The molecule has 0 bridgehead atoms. The Balaban J connectivity index is 2.63. The van der Waals surface area contributed by atoms with Crippen molar-refractivity contribution in [3.63, 3.8) is 0 Å². The van der Waals surface area contributed by atoms with Crippen LogP contribution in [0, 0.1) is 24.4 Å². The van der Waals surface area contributed by atoms with Crippen molar-refractivity contribution in [2.75, 3.05) is 5.73 Å². The Morgan fingerprint density at radius 1 is 1.25 bits per heavy atom. The molecule has 1 heterocycles. The largest absolute Gasteiger partial charge is 0.382 e. The first-order valence-electron chi connectivity index (χ1n) is 4.45. The summed E-state index contributed by atoms with van der Waals surface area (Å²) in [6, 6.07) is 1.32. The molecule has 1 aromatic heterocycles. The van der Waals surface area contributed by atoms with Crippen molar-refractivity contribution in [2.24, 2.45) is 0 Å². The molecule has 16 heavy (non-hydrogen) atoms. The van der Waals surface area contributed by atoms with E-state index in [-0.39, 0.29) is 11.5 Å². The Kier molecular flexibility index (Phi) is 2.34. The van der Waals surface area contributed by atoms with Gasteiger partial charge in [0.05, 0.1) is 0 Å². The first-order valence-corrected chi connectivity index (χ1v) is 4.45. The zero-order valence-electron chi connectivity index (χ0n) is 8.34. The van der Waals surface area contributed by atoms with Crippen molar-refractivity contribution in [3.05, 3.63) is 41.3 Å². The number of halogens is 3. The number of nitrogens with two attached hydrogens (primary N) is 1. The van der Waals surface area contributed by atoms with Gasteiger partial charge in [0.25, 0.3) is 0 Å². The number of aryl methyl sites for hydroxylation is 1. The Labute approximate surface area is 89.3 Å². The SMILES string of the molecule is Cc1cn(-c2cc(F)cc(F)c2F)nc1N. The van der Waals surface area contributed by atoms with E-state index in [9.17, 15) is 13.2 Å². The number of rotatable bonds is 1. The summed E-state index contributed by atoms with van der Waals surface area (Å²) in [6.07, 6.45) is 1.40. The number of hydrogen-bond donors (Lipinski definition) is 1. The lowest BCUT2D eigenvalue weighted by Crippen LogP contribution is -2.02. The van der Waals surface area contributed by atoms with E-state index in [1.54, 1.807) is 6.92 Å². The average molecular weight is 227 g/mol. The zero-order chi connectivity index (χ0) is 11.9. The molecule has 0 aliphatic rings. The fourth-order valence-corrected chi connectivity index (χ4v) is 1.31. The molecule has 0 aliphatic heterocycles. The number of nitrogen functional groups attached to an aromatic ring is 1. The second-order valence-electron chi connectivity index (χ2n) is 3.36. The highest BCUT2D eigenvalue weighted by Gasteiger charge is 2.14. The van der Waals surface area contributed by atoms with Gasteiger partial charge in [-0.15, -0.1) is 0 Å². The summed E-state index contributed by atoms with van der Waals surface area (Å²) in [5, 5.41) is 3.74. The molecule has 0 spiro atoms. The molecule has 0 fully saturated rings. The van der Waals surface area contributed by atoms with Crippen LogP contribution in [0.3, 0.4) is 0 Å². The maximum Gasteiger partial charge on any atom is 0.184 e. The van der Waals surface area contributed by atoms with Crippen molar-refractivity contribution in [1.29, 1.82) is 0 Å². The predicted molar refractivity (Wildman–Crippen MR) is 52.6 cm³/mol. The Morgan fingerprint density at radius 2 is 1.94 bits per heavy atom. The molecule has 2 rings (SSSR count). The Bertz CT molecular complexity index is 529. The van der Waals surface area contributed by atoms with E-state index in [1.807, 2.05) is 0 Å². The average Bonchev–Trinajstić information content (AvgIpc) is 2.53. The van der Waals surface area contributed by atoms with Crippen molar-refractivity contribution >= 4 is 5.82 Å². The van der Waals surface area contributed by atoms with Gasteiger partial charge >= 0.3 is 0 Å². The number of hydrogen-bond acceptors (Lipinski definition) is 2. The van der Waals surface area contributed by atoms with Crippen molar-refractivity contribution in [3.8, 4) is 5.69 Å². The minimum absolute atomic E-state index is 0.184. The maximum atomic E-state index is 13.4. The van der Waals surface area contributed by atoms with Crippen LogP contribution >= 0.6 is 0 Å². The summed E-state index contributed by atoms with van der Waals surface area (Å²) >= 11 is 0. The molecule has 84 valence electrons. The molecule has 0 saturated carbocycles. The van der Waals surface area contributed by atoms with E-state index in [1.165, 1.54) is 6.20 Å².